The van der Waals surface area contributed by atoms with Gasteiger partial charge in [-0.15, -0.1) is 0 Å². The van der Waals surface area contributed by atoms with Crippen LogP contribution in [0.3, 0.4) is 0 Å². The number of carboxylic acids is 1. The molecule has 19 heavy (non-hydrogen) atoms. The van der Waals surface area contributed by atoms with Crippen LogP contribution in [0.2, 0.25) is 0 Å². The van der Waals surface area contributed by atoms with E-state index in [9.17, 15) is 4.79 Å². The van der Waals surface area contributed by atoms with Gasteiger partial charge in [0.05, 0.1) is 5.69 Å². The van der Waals surface area contributed by atoms with Gasteiger partial charge in [0.2, 0.25) is 0 Å². The minimum Gasteiger partial charge on any atom is -0.480 e. The monoisotopic (exact) mass is 392 g/mol. The Hall–Kier alpha value is -0.590. The van der Waals surface area contributed by atoms with Crippen LogP contribution in [0.4, 0.5) is 5.69 Å². The number of nitrogen functional groups attached to an aromatic ring is 1. The summed E-state index contributed by atoms with van der Waals surface area (Å²) in [7, 11) is 0. The topological polar surface area (TPSA) is 75.3 Å². The van der Waals surface area contributed by atoms with Gasteiger partial charge in [-0.25, -0.2) is 0 Å². The fourth-order valence-electron chi connectivity index (χ4n) is 1.76. The molecule has 1 atom stereocenters. The van der Waals surface area contributed by atoms with E-state index in [1.807, 2.05) is 26.0 Å². The van der Waals surface area contributed by atoms with E-state index in [2.05, 4.69) is 37.2 Å². The Labute approximate surface area is 130 Å². The molecule has 1 aromatic rings. The van der Waals surface area contributed by atoms with Crippen LogP contribution in [0.25, 0.3) is 0 Å². The average molecular weight is 394 g/mol. The summed E-state index contributed by atoms with van der Waals surface area (Å²) >= 11 is 6.77. The zero-order valence-electron chi connectivity index (χ0n) is 10.9. The molecule has 0 aliphatic heterocycles. The number of carbonyl (C=O) groups is 1. The molecule has 0 amide bonds. The van der Waals surface area contributed by atoms with Gasteiger partial charge >= 0.3 is 5.97 Å². The molecule has 1 aromatic carbocycles. The molecular formula is C13H18Br2N2O2. The van der Waals surface area contributed by atoms with Crippen molar-refractivity contribution in [3.8, 4) is 0 Å². The summed E-state index contributed by atoms with van der Waals surface area (Å²) in [5.74, 6) is -0.512. The van der Waals surface area contributed by atoms with Crippen molar-refractivity contribution in [3.05, 3.63) is 26.6 Å². The Balaban J connectivity index is 2.77. The van der Waals surface area contributed by atoms with Crippen LogP contribution in [0.1, 0.15) is 25.8 Å². The molecule has 0 heterocycles. The van der Waals surface area contributed by atoms with E-state index in [1.54, 1.807) is 0 Å². The SMILES string of the molecule is CC(C)CC(NCc1cc(Br)cc(Br)c1N)C(=O)O. The maximum absolute atomic E-state index is 11.2. The van der Waals surface area contributed by atoms with Gasteiger partial charge in [0, 0.05) is 15.5 Å². The van der Waals surface area contributed by atoms with Crippen molar-refractivity contribution >= 4 is 43.5 Å². The molecule has 0 saturated carbocycles. The molecule has 106 valence electrons. The Bertz CT molecular complexity index is 464. The van der Waals surface area contributed by atoms with Crippen LogP contribution in [0, 0.1) is 5.92 Å². The second-order valence-electron chi connectivity index (χ2n) is 4.86. The highest BCUT2D eigenvalue weighted by Crippen LogP contribution is 2.28. The van der Waals surface area contributed by atoms with Crippen LogP contribution in [-0.2, 0) is 11.3 Å². The van der Waals surface area contributed by atoms with Crippen LogP contribution >= 0.6 is 31.9 Å². The van der Waals surface area contributed by atoms with Gasteiger partial charge in [0.15, 0.2) is 0 Å². The normalized spacial score (nSPS) is 12.7. The number of anilines is 1. The lowest BCUT2D eigenvalue weighted by Gasteiger charge is -2.17. The first-order valence-corrected chi connectivity index (χ1v) is 7.59. The van der Waals surface area contributed by atoms with Gasteiger partial charge in [-0.1, -0.05) is 29.8 Å². The maximum Gasteiger partial charge on any atom is 0.320 e. The number of aliphatic carboxylic acids is 1. The Kier molecular flexibility index (Phi) is 6.29. The molecule has 0 fully saturated rings. The number of carboxylic acid groups (broad SMARTS) is 1. The summed E-state index contributed by atoms with van der Waals surface area (Å²) in [6.07, 6.45) is 0.588. The van der Waals surface area contributed by atoms with Gasteiger partial charge in [0.25, 0.3) is 0 Å². The summed E-state index contributed by atoms with van der Waals surface area (Å²) in [6.45, 7) is 4.43. The van der Waals surface area contributed by atoms with E-state index in [1.165, 1.54) is 0 Å². The number of hydrogen-bond donors (Lipinski definition) is 3. The first-order chi connectivity index (χ1) is 8.81. The summed E-state index contributed by atoms with van der Waals surface area (Å²) in [6, 6.07) is 3.19. The van der Waals surface area contributed by atoms with Gasteiger partial charge in [-0.2, -0.15) is 0 Å². The standard InChI is InChI=1S/C13H18Br2N2O2/c1-7(2)3-11(13(18)19)17-6-8-4-9(14)5-10(15)12(8)16/h4-5,7,11,17H,3,6,16H2,1-2H3,(H,18,19). The molecule has 0 spiro atoms. The quantitative estimate of drug-likeness (QED) is 0.647. The highest BCUT2D eigenvalue weighted by molar-refractivity contribution is 9.11. The molecule has 1 unspecified atom stereocenters. The van der Waals surface area contributed by atoms with E-state index < -0.39 is 12.0 Å². The molecule has 1 rings (SSSR count). The fraction of sp³-hybridized carbons (Fsp3) is 0.462. The molecule has 0 aliphatic rings. The molecule has 4 nitrogen and oxygen atoms in total. The molecule has 0 aromatic heterocycles. The first-order valence-electron chi connectivity index (χ1n) is 6.00. The molecule has 4 N–H and O–H groups in total. The number of halogens is 2. The molecule has 6 heteroatoms. The van der Waals surface area contributed by atoms with Crippen LogP contribution in [0.5, 0.6) is 0 Å². The van der Waals surface area contributed by atoms with E-state index in [0.717, 1.165) is 14.5 Å². The largest absolute Gasteiger partial charge is 0.480 e. The van der Waals surface area contributed by atoms with Crippen LogP contribution in [-0.4, -0.2) is 17.1 Å². The summed E-state index contributed by atoms with van der Waals surface area (Å²) in [5, 5.41) is 12.2. The van der Waals surface area contributed by atoms with Crippen molar-refractivity contribution < 1.29 is 9.90 Å². The van der Waals surface area contributed by atoms with Gasteiger partial charge in [-0.3, -0.25) is 4.79 Å². The van der Waals surface area contributed by atoms with Gasteiger partial charge in [-0.05, 0) is 46.0 Å². The third-order valence-corrected chi connectivity index (χ3v) is 3.84. The lowest BCUT2D eigenvalue weighted by atomic mass is 10.0. The van der Waals surface area contributed by atoms with Crippen LogP contribution < -0.4 is 11.1 Å². The van der Waals surface area contributed by atoms with E-state index in [-0.39, 0.29) is 0 Å². The smallest absolute Gasteiger partial charge is 0.320 e. The van der Waals surface area contributed by atoms with Gasteiger partial charge in [0.1, 0.15) is 6.04 Å². The highest BCUT2D eigenvalue weighted by Gasteiger charge is 2.18. The Morgan fingerprint density at radius 2 is 2.05 bits per heavy atom. The third kappa shape index (κ3) is 5.12. The lowest BCUT2D eigenvalue weighted by Crippen LogP contribution is -2.37. The van der Waals surface area contributed by atoms with Crippen molar-refractivity contribution in [1.82, 2.24) is 5.32 Å². The van der Waals surface area contributed by atoms with Crippen molar-refractivity contribution in [3.63, 3.8) is 0 Å². The zero-order chi connectivity index (χ0) is 14.6. The van der Waals surface area contributed by atoms with Crippen molar-refractivity contribution in [2.24, 2.45) is 5.92 Å². The highest BCUT2D eigenvalue weighted by atomic mass is 79.9. The fourth-order valence-corrected chi connectivity index (χ4v) is 3.07. The minimum absolute atomic E-state index is 0.320. The molecule has 0 bridgehead atoms. The molecule has 0 radical (unpaired) electrons. The lowest BCUT2D eigenvalue weighted by molar-refractivity contribution is -0.140. The predicted molar refractivity (Wildman–Crippen MR) is 84.0 cm³/mol. The minimum atomic E-state index is -0.832. The third-order valence-electron chi connectivity index (χ3n) is 2.72. The number of rotatable bonds is 6. The number of nitrogens with one attached hydrogen (secondary N) is 1. The zero-order valence-corrected chi connectivity index (χ0v) is 14.1. The second-order valence-corrected chi connectivity index (χ2v) is 6.63. The summed E-state index contributed by atoms with van der Waals surface area (Å²) in [5.41, 5.74) is 7.46. The number of benzene rings is 1. The molecular weight excluding hydrogens is 376 g/mol. The number of nitrogens with two attached hydrogens (primary N) is 1. The Morgan fingerprint density at radius 3 is 2.58 bits per heavy atom. The van der Waals surface area contributed by atoms with E-state index in [4.69, 9.17) is 10.8 Å². The number of hydrogen-bond acceptors (Lipinski definition) is 3. The Morgan fingerprint density at radius 1 is 1.42 bits per heavy atom. The van der Waals surface area contributed by atoms with Crippen LogP contribution in [0.15, 0.2) is 21.1 Å². The van der Waals surface area contributed by atoms with Crippen molar-refractivity contribution in [1.29, 1.82) is 0 Å². The van der Waals surface area contributed by atoms with Crippen molar-refractivity contribution in [2.45, 2.75) is 32.9 Å². The average Bonchev–Trinajstić information content (AvgIpc) is 2.29. The van der Waals surface area contributed by atoms with E-state index in [0.29, 0.717) is 24.6 Å². The van der Waals surface area contributed by atoms with E-state index >= 15 is 0 Å². The van der Waals surface area contributed by atoms with Crippen molar-refractivity contribution in [2.75, 3.05) is 5.73 Å². The summed E-state index contributed by atoms with van der Waals surface area (Å²) in [4.78, 5) is 11.2. The maximum atomic E-state index is 11.2. The second kappa shape index (κ2) is 7.26. The molecule has 0 aliphatic carbocycles. The predicted octanol–water partition coefficient (Wildman–Crippen LogP) is 3.38. The molecule has 0 saturated heterocycles. The van der Waals surface area contributed by atoms with Gasteiger partial charge < -0.3 is 16.2 Å². The summed E-state index contributed by atoms with van der Waals surface area (Å²) < 4.78 is 1.70. The first kappa shape index (κ1) is 16.5.